The van der Waals surface area contributed by atoms with Gasteiger partial charge in [-0.15, -0.1) is 0 Å². The lowest BCUT2D eigenvalue weighted by Gasteiger charge is -1.99. The molecule has 1 aromatic heterocycles. The summed E-state index contributed by atoms with van der Waals surface area (Å²) in [7, 11) is 0. The van der Waals surface area contributed by atoms with Gasteiger partial charge in [0.1, 0.15) is 6.61 Å². The maximum Gasteiger partial charge on any atom is 0.104 e. The Balaban J connectivity index is 3.13. The molecule has 70 valence electrons. The fourth-order valence-corrected chi connectivity index (χ4v) is 1.04. The smallest absolute Gasteiger partial charge is 0.104 e. The predicted molar refractivity (Wildman–Crippen MR) is 58.4 cm³/mol. The third kappa shape index (κ3) is 2.32. The third-order valence-electron chi connectivity index (χ3n) is 1.67. The highest BCUT2D eigenvalue weighted by atomic mass is 16.2. The zero-order chi connectivity index (χ0) is 10.4. The number of rotatable bonds is 2. The quantitative estimate of drug-likeness (QED) is 0.711. The molecule has 0 radical (unpaired) electrons. The van der Waals surface area contributed by atoms with Crippen LogP contribution in [0.1, 0.15) is 16.8 Å². The Morgan fingerprint density at radius 2 is 2.21 bits per heavy atom. The highest BCUT2D eigenvalue weighted by Gasteiger charge is 1.97. The van der Waals surface area contributed by atoms with Crippen molar-refractivity contribution in [3.05, 3.63) is 42.2 Å². The van der Waals surface area contributed by atoms with E-state index in [9.17, 15) is 0 Å². The fraction of sp³-hybridized carbons (Fsp3) is 0.0833. The molecule has 1 rings (SSSR count). The molecule has 0 unspecified atom stereocenters. The maximum atomic E-state index is 8.52. The molecule has 2 heteroatoms. The number of hydrogen-bond acceptors (Lipinski definition) is 2. The molecule has 1 aromatic rings. The normalized spacial score (nSPS) is 8.64. The van der Waals surface area contributed by atoms with E-state index in [1.165, 1.54) is 0 Å². The van der Waals surface area contributed by atoms with Crippen molar-refractivity contribution in [2.45, 2.75) is 0 Å². The second-order valence-corrected chi connectivity index (χ2v) is 2.57. The Kier molecular flexibility index (Phi) is 3.66. The van der Waals surface area contributed by atoms with E-state index in [0.29, 0.717) is 0 Å². The Labute approximate surface area is 83.6 Å². The number of nitrogens with zero attached hydrogens (tertiary/aromatic N) is 1. The van der Waals surface area contributed by atoms with Crippen LogP contribution >= 0.6 is 0 Å². The average Bonchev–Trinajstić information content (AvgIpc) is 2.25. The Bertz CT molecular complexity index is 410. The topological polar surface area (TPSA) is 33.1 Å². The van der Waals surface area contributed by atoms with Crippen LogP contribution in [-0.4, -0.2) is 16.7 Å². The van der Waals surface area contributed by atoms with E-state index < -0.39 is 0 Å². The maximum absolute atomic E-state index is 8.52. The predicted octanol–water partition coefficient (Wildman–Crippen LogP) is 1.71. The summed E-state index contributed by atoms with van der Waals surface area (Å²) in [4.78, 5) is 4.15. The zero-order valence-corrected chi connectivity index (χ0v) is 7.83. The van der Waals surface area contributed by atoms with E-state index in [1.807, 2.05) is 6.07 Å². The largest absolute Gasteiger partial charge is 0.384 e. The molecule has 0 aromatic carbocycles. The van der Waals surface area contributed by atoms with Crippen LogP contribution in [0.15, 0.2) is 25.4 Å². The molecule has 0 amide bonds. The number of pyridine rings is 1. The molecule has 0 aliphatic rings. The van der Waals surface area contributed by atoms with Crippen LogP contribution in [0.2, 0.25) is 0 Å². The number of hydrogen-bond donors (Lipinski definition) is 1. The SMILES string of the molecule is C=Cc1cc(C#CCO)cnc1C=C. The zero-order valence-electron chi connectivity index (χ0n) is 7.83. The molecule has 0 aliphatic heterocycles. The molecule has 1 heterocycles. The highest BCUT2D eigenvalue weighted by molar-refractivity contribution is 5.62. The first kappa shape index (κ1) is 10.2. The molecule has 0 saturated heterocycles. The highest BCUT2D eigenvalue weighted by Crippen LogP contribution is 2.10. The molecule has 1 N–H and O–H groups in total. The summed E-state index contributed by atoms with van der Waals surface area (Å²) in [5.74, 6) is 5.33. The van der Waals surface area contributed by atoms with Gasteiger partial charge in [-0.1, -0.05) is 31.1 Å². The summed E-state index contributed by atoms with van der Waals surface area (Å²) in [5, 5.41) is 8.52. The number of aliphatic hydroxyl groups is 1. The van der Waals surface area contributed by atoms with Gasteiger partial charge in [-0.2, -0.15) is 0 Å². The summed E-state index contributed by atoms with van der Waals surface area (Å²) in [6, 6.07) is 1.86. The van der Waals surface area contributed by atoms with E-state index in [2.05, 4.69) is 30.0 Å². The van der Waals surface area contributed by atoms with E-state index in [1.54, 1.807) is 18.3 Å². The Morgan fingerprint density at radius 3 is 2.79 bits per heavy atom. The molecule has 2 nitrogen and oxygen atoms in total. The van der Waals surface area contributed by atoms with Crippen molar-refractivity contribution in [3.63, 3.8) is 0 Å². The fourth-order valence-electron chi connectivity index (χ4n) is 1.04. The summed E-state index contributed by atoms with van der Waals surface area (Å²) >= 11 is 0. The van der Waals surface area contributed by atoms with Gasteiger partial charge in [-0.3, -0.25) is 4.98 Å². The second-order valence-electron chi connectivity index (χ2n) is 2.57. The minimum Gasteiger partial charge on any atom is -0.384 e. The first-order valence-corrected chi connectivity index (χ1v) is 4.16. The lowest BCUT2D eigenvalue weighted by atomic mass is 10.1. The van der Waals surface area contributed by atoms with Crippen LogP contribution in [0.5, 0.6) is 0 Å². The van der Waals surface area contributed by atoms with Crippen molar-refractivity contribution < 1.29 is 5.11 Å². The van der Waals surface area contributed by atoms with Gasteiger partial charge in [-0.05, 0) is 12.1 Å². The molecule has 0 fully saturated rings. The standard InChI is InChI=1S/C12H11NO/c1-3-11-8-10(6-5-7-14)9-13-12(11)4-2/h3-4,8-9,14H,1-2,7H2. The summed E-state index contributed by atoms with van der Waals surface area (Å²) < 4.78 is 0. The lowest BCUT2D eigenvalue weighted by molar-refractivity contribution is 0.350. The van der Waals surface area contributed by atoms with Crippen LogP contribution in [0, 0.1) is 11.8 Å². The van der Waals surface area contributed by atoms with E-state index in [0.717, 1.165) is 16.8 Å². The van der Waals surface area contributed by atoms with Crippen molar-refractivity contribution in [2.75, 3.05) is 6.61 Å². The molecule has 0 atom stereocenters. The third-order valence-corrected chi connectivity index (χ3v) is 1.67. The van der Waals surface area contributed by atoms with E-state index in [4.69, 9.17) is 5.11 Å². The van der Waals surface area contributed by atoms with Crippen molar-refractivity contribution in [2.24, 2.45) is 0 Å². The molecule has 0 aliphatic carbocycles. The van der Waals surface area contributed by atoms with Crippen LogP contribution in [0.3, 0.4) is 0 Å². The Morgan fingerprint density at radius 1 is 1.43 bits per heavy atom. The first-order valence-electron chi connectivity index (χ1n) is 4.16. The molecule has 0 spiro atoms. The minimum absolute atomic E-state index is 0.146. The molecule has 14 heavy (non-hydrogen) atoms. The molecule has 0 saturated carbocycles. The first-order chi connectivity index (χ1) is 6.81. The summed E-state index contributed by atoms with van der Waals surface area (Å²) in [5.41, 5.74) is 2.44. The van der Waals surface area contributed by atoms with Crippen molar-refractivity contribution in [1.29, 1.82) is 0 Å². The van der Waals surface area contributed by atoms with Crippen LogP contribution in [-0.2, 0) is 0 Å². The van der Waals surface area contributed by atoms with Crippen LogP contribution < -0.4 is 0 Å². The Hall–Kier alpha value is -1.85. The van der Waals surface area contributed by atoms with Gasteiger partial charge in [0, 0.05) is 17.3 Å². The molecular formula is C12H11NO. The molecular weight excluding hydrogens is 174 g/mol. The number of aromatic nitrogens is 1. The van der Waals surface area contributed by atoms with Gasteiger partial charge in [0.05, 0.1) is 5.69 Å². The minimum atomic E-state index is -0.146. The monoisotopic (exact) mass is 185 g/mol. The van der Waals surface area contributed by atoms with Gasteiger partial charge in [-0.25, -0.2) is 0 Å². The van der Waals surface area contributed by atoms with E-state index >= 15 is 0 Å². The van der Waals surface area contributed by atoms with Crippen molar-refractivity contribution in [1.82, 2.24) is 4.98 Å². The lowest BCUT2D eigenvalue weighted by Crippen LogP contribution is -1.88. The second kappa shape index (κ2) is 5.00. The van der Waals surface area contributed by atoms with Crippen molar-refractivity contribution in [3.8, 4) is 11.8 Å². The van der Waals surface area contributed by atoms with Crippen molar-refractivity contribution >= 4 is 12.2 Å². The van der Waals surface area contributed by atoms with Crippen LogP contribution in [0.4, 0.5) is 0 Å². The van der Waals surface area contributed by atoms with Gasteiger partial charge in [0.25, 0.3) is 0 Å². The molecule has 0 bridgehead atoms. The average molecular weight is 185 g/mol. The van der Waals surface area contributed by atoms with Gasteiger partial charge < -0.3 is 5.11 Å². The summed E-state index contributed by atoms with van der Waals surface area (Å²) in [6.45, 7) is 7.17. The van der Waals surface area contributed by atoms with Gasteiger partial charge >= 0.3 is 0 Å². The number of aliphatic hydroxyl groups excluding tert-OH is 1. The van der Waals surface area contributed by atoms with E-state index in [-0.39, 0.29) is 6.61 Å². The van der Waals surface area contributed by atoms with Gasteiger partial charge in [0.15, 0.2) is 0 Å². The van der Waals surface area contributed by atoms with Gasteiger partial charge in [0.2, 0.25) is 0 Å². The van der Waals surface area contributed by atoms with Crippen LogP contribution in [0.25, 0.3) is 12.2 Å². The summed E-state index contributed by atoms with van der Waals surface area (Å²) in [6.07, 6.45) is 5.01.